The van der Waals surface area contributed by atoms with Crippen LogP contribution in [-0.4, -0.2) is 5.50 Å². The predicted octanol–water partition coefficient (Wildman–Crippen LogP) is 2.27. The molecule has 0 amide bonds. The van der Waals surface area contributed by atoms with Gasteiger partial charge in [0.25, 0.3) is 0 Å². The first-order chi connectivity index (χ1) is 5.20. The fourth-order valence-electron chi connectivity index (χ4n) is 0.843. The first-order valence-corrected chi connectivity index (χ1v) is 3.89. The highest BCUT2D eigenvalue weighted by Crippen LogP contribution is 2.18. The van der Waals surface area contributed by atoms with E-state index in [2.05, 4.69) is 5.32 Å². The lowest BCUT2D eigenvalue weighted by molar-refractivity contribution is 1.11. The molecule has 3 heteroatoms. The highest BCUT2D eigenvalue weighted by atomic mass is 35.5. The summed E-state index contributed by atoms with van der Waals surface area (Å²) in [6, 6.07) is 7.53. The van der Waals surface area contributed by atoms with Crippen LogP contribution in [0, 0.1) is 0 Å². The second-order valence-electron chi connectivity index (χ2n) is 2.35. The van der Waals surface area contributed by atoms with E-state index in [4.69, 9.17) is 17.3 Å². The molecule has 0 fully saturated rings. The standard InChI is InChI=1S/C8H11ClN2/c1-6(9)11-8-5-3-2-4-7(8)10/h2-6,11H,10H2,1H3. The van der Waals surface area contributed by atoms with Gasteiger partial charge in [-0.2, -0.15) is 0 Å². The van der Waals surface area contributed by atoms with Crippen molar-refractivity contribution in [3.05, 3.63) is 24.3 Å². The van der Waals surface area contributed by atoms with Crippen molar-refractivity contribution >= 4 is 23.0 Å². The third-order valence-corrected chi connectivity index (χ3v) is 1.42. The highest BCUT2D eigenvalue weighted by molar-refractivity contribution is 6.21. The highest BCUT2D eigenvalue weighted by Gasteiger charge is 1.98. The van der Waals surface area contributed by atoms with Crippen LogP contribution in [0.1, 0.15) is 6.92 Å². The molecule has 0 spiro atoms. The number of anilines is 2. The average Bonchev–Trinajstić information content (AvgIpc) is 1.93. The predicted molar refractivity (Wildman–Crippen MR) is 49.8 cm³/mol. The number of nitrogens with two attached hydrogens (primary N) is 1. The van der Waals surface area contributed by atoms with Crippen molar-refractivity contribution in [3.8, 4) is 0 Å². The van der Waals surface area contributed by atoms with Crippen molar-refractivity contribution in [1.82, 2.24) is 0 Å². The topological polar surface area (TPSA) is 38.0 Å². The summed E-state index contributed by atoms with van der Waals surface area (Å²) < 4.78 is 0. The van der Waals surface area contributed by atoms with E-state index in [0.717, 1.165) is 11.4 Å². The number of para-hydroxylation sites is 2. The Bertz CT molecular complexity index is 235. The first-order valence-electron chi connectivity index (χ1n) is 3.45. The molecule has 1 atom stereocenters. The molecule has 0 aliphatic rings. The number of alkyl halides is 1. The summed E-state index contributed by atoms with van der Waals surface area (Å²) in [7, 11) is 0. The molecule has 1 aromatic carbocycles. The first kappa shape index (κ1) is 8.21. The minimum Gasteiger partial charge on any atom is -0.397 e. The third-order valence-electron chi connectivity index (χ3n) is 1.32. The molecule has 1 unspecified atom stereocenters. The fourth-order valence-corrected chi connectivity index (χ4v) is 0.960. The lowest BCUT2D eigenvalue weighted by atomic mass is 10.3. The smallest absolute Gasteiger partial charge is 0.0984 e. The number of halogens is 1. The van der Waals surface area contributed by atoms with Crippen LogP contribution in [0.3, 0.4) is 0 Å². The molecule has 1 rings (SSSR count). The molecule has 11 heavy (non-hydrogen) atoms. The van der Waals surface area contributed by atoms with Crippen LogP contribution in [0.4, 0.5) is 11.4 Å². The van der Waals surface area contributed by atoms with E-state index in [9.17, 15) is 0 Å². The molecule has 0 bridgehead atoms. The molecule has 0 saturated carbocycles. The van der Waals surface area contributed by atoms with E-state index >= 15 is 0 Å². The van der Waals surface area contributed by atoms with E-state index in [1.807, 2.05) is 31.2 Å². The SMILES string of the molecule is CC(Cl)Nc1ccccc1N. The second-order valence-corrected chi connectivity index (χ2v) is 3.00. The Hall–Kier alpha value is -0.890. The van der Waals surface area contributed by atoms with Crippen LogP contribution >= 0.6 is 11.6 Å². The van der Waals surface area contributed by atoms with Gasteiger partial charge in [0.2, 0.25) is 0 Å². The van der Waals surface area contributed by atoms with Gasteiger partial charge < -0.3 is 11.1 Å². The van der Waals surface area contributed by atoms with Gasteiger partial charge in [-0.15, -0.1) is 0 Å². The summed E-state index contributed by atoms with van der Waals surface area (Å²) in [5, 5.41) is 3.01. The van der Waals surface area contributed by atoms with Crippen molar-refractivity contribution in [2.75, 3.05) is 11.1 Å². The van der Waals surface area contributed by atoms with Gasteiger partial charge in [-0.05, 0) is 19.1 Å². The van der Waals surface area contributed by atoms with Gasteiger partial charge in [0.05, 0.1) is 16.9 Å². The molecule has 2 nitrogen and oxygen atoms in total. The van der Waals surface area contributed by atoms with E-state index in [1.54, 1.807) is 0 Å². The Kier molecular flexibility index (Phi) is 2.60. The molecule has 0 saturated heterocycles. The van der Waals surface area contributed by atoms with Crippen molar-refractivity contribution in [1.29, 1.82) is 0 Å². The molecular weight excluding hydrogens is 160 g/mol. The molecule has 60 valence electrons. The van der Waals surface area contributed by atoms with E-state index < -0.39 is 0 Å². The summed E-state index contributed by atoms with van der Waals surface area (Å²) in [6.45, 7) is 1.86. The minimum atomic E-state index is -0.0975. The fraction of sp³-hybridized carbons (Fsp3) is 0.250. The average molecular weight is 171 g/mol. The quantitative estimate of drug-likeness (QED) is 0.406. The molecule has 0 aromatic heterocycles. The largest absolute Gasteiger partial charge is 0.397 e. The number of nitrogens with one attached hydrogen (secondary N) is 1. The van der Waals surface area contributed by atoms with Crippen LogP contribution in [0.15, 0.2) is 24.3 Å². The summed E-state index contributed by atoms with van der Waals surface area (Å²) in [6.07, 6.45) is 0. The summed E-state index contributed by atoms with van der Waals surface area (Å²) >= 11 is 5.72. The van der Waals surface area contributed by atoms with Crippen LogP contribution in [-0.2, 0) is 0 Å². The van der Waals surface area contributed by atoms with Gasteiger partial charge in [-0.1, -0.05) is 23.7 Å². The Morgan fingerprint density at radius 3 is 2.64 bits per heavy atom. The van der Waals surface area contributed by atoms with Crippen molar-refractivity contribution in [2.45, 2.75) is 12.4 Å². The summed E-state index contributed by atoms with van der Waals surface area (Å²) in [5.74, 6) is 0. The minimum absolute atomic E-state index is 0.0975. The molecule has 0 aliphatic heterocycles. The van der Waals surface area contributed by atoms with Crippen LogP contribution in [0.25, 0.3) is 0 Å². The van der Waals surface area contributed by atoms with E-state index in [0.29, 0.717) is 0 Å². The third kappa shape index (κ3) is 2.31. The number of nitrogen functional groups attached to an aromatic ring is 1. The Labute approximate surface area is 71.4 Å². The van der Waals surface area contributed by atoms with Crippen LogP contribution < -0.4 is 11.1 Å². The number of hydrogen-bond acceptors (Lipinski definition) is 2. The van der Waals surface area contributed by atoms with Crippen molar-refractivity contribution in [2.24, 2.45) is 0 Å². The molecule has 0 aliphatic carbocycles. The maximum absolute atomic E-state index is 5.72. The Balaban J connectivity index is 2.78. The van der Waals surface area contributed by atoms with Gasteiger partial charge in [-0.25, -0.2) is 0 Å². The zero-order chi connectivity index (χ0) is 8.27. The van der Waals surface area contributed by atoms with Gasteiger partial charge in [-0.3, -0.25) is 0 Å². The lowest BCUT2D eigenvalue weighted by Gasteiger charge is -2.09. The van der Waals surface area contributed by atoms with E-state index in [-0.39, 0.29) is 5.50 Å². The van der Waals surface area contributed by atoms with Gasteiger partial charge in [0.1, 0.15) is 0 Å². The maximum Gasteiger partial charge on any atom is 0.0984 e. The van der Waals surface area contributed by atoms with Crippen molar-refractivity contribution < 1.29 is 0 Å². The normalized spacial score (nSPS) is 12.5. The zero-order valence-corrected chi connectivity index (χ0v) is 7.10. The van der Waals surface area contributed by atoms with Crippen molar-refractivity contribution in [3.63, 3.8) is 0 Å². The van der Waals surface area contributed by atoms with Gasteiger partial charge in [0.15, 0.2) is 0 Å². The maximum atomic E-state index is 5.72. The molecule has 1 aromatic rings. The lowest BCUT2D eigenvalue weighted by Crippen LogP contribution is -2.08. The number of rotatable bonds is 2. The van der Waals surface area contributed by atoms with Gasteiger partial charge >= 0.3 is 0 Å². The van der Waals surface area contributed by atoms with Gasteiger partial charge in [0, 0.05) is 0 Å². The zero-order valence-electron chi connectivity index (χ0n) is 6.34. The van der Waals surface area contributed by atoms with Crippen LogP contribution in [0.5, 0.6) is 0 Å². The second kappa shape index (κ2) is 3.49. The number of hydrogen-bond donors (Lipinski definition) is 2. The Morgan fingerprint density at radius 1 is 1.45 bits per heavy atom. The molecule has 0 radical (unpaired) electrons. The summed E-state index contributed by atoms with van der Waals surface area (Å²) in [4.78, 5) is 0. The molecule has 3 N–H and O–H groups in total. The molecule has 0 heterocycles. The van der Waals surface area contributed by atoms with E-state index in [1.165, 1.54) is 0 Å². The van der Waals surface area contributed by atoms with Crippen LogP contribution in [0.2, 0.25) is 0 Å². The number of benzene rings is 1. The summed E-state index contributed by atoms with van der Waals surface area (Å²) in [5.41, 5.74) is 7.16. The molecular formula is C8H11ClN2. The Morgan fingerprint density at radius 2 is 2.09 bits per heavy atom. The monoisotopic (exact) mass is 170 g/mol.